The van der Waals surface area contributed by atoms with Gasteiger partial charge in [0, 0.05) is 24.9 Å². The normalized spacial score (nSPS) is 21.6. The molecule has 18 heavy (non-hydrogen) atoms. The van der Waals surface area contributed by atoms with Crippen molar-refractivity contribution in [3.63, 3.8) is 0 Å². The third kappa shape index (κ3) is 2.15. The minimum Gasteiger partial charge on any atom is -0.307 e. The molecule has 3 nitrogen and oxygen atoms in total. The molecule has 2 aromatic rings. The maximum atomic E-state index is 4.78. The van der Waals surface area contributed by atoms with E-state index in [1.807, 2.05) is 0 Å². The highest BCUT2D eigenvalue weighted by molar-refractivity contribution is 5.47. The molecule has 1 aliphatic heterocycles. The van der Waals surface area contributed by atoms with Crippen LogP contribution in [0.3, 0.4) is 0 Å². The zero-order chi connectivity index (χ0) is 12.5. The van der Waals surface area contributed by atoms with E-state index in [2.05, 4.69) is 47.8 Å². The zero-order valence-corrected chi connectivity index (χ0v) is 11.3. The fraction of sp³-hybridized carbons (Fsp3) is 0.533. The van der Waals surface area contributed by atoms with Gasteiger partial charge in [0.05, 0.1) is 5.69 Å². The highest BCUT2D eigenvalue weighted by Crippen LogP contribution is 2.19. The van der Waals surface area contributed by atoms with Crippen LogP contribution in [-0.2, 0) is 6.42 Å². The minimum absolute atomic E-state index is 0.670. The lowest BCUT2D eigenvalue weighted by molar-refractivity contribution is 0.184. The monoisotopic (exact) mass is 243 g/mol. The van der Waals surface area contributed by atoms with Crippen molar-refractivity contribution in [3.8, 4) is 0 Å². The Morgan fingerprint density at radius 3 is 3.06 bits per heavy atom. The lowest BCUT2D eigenvalue weighted by atomic mass is 9.99. The Morgan fingerprint density at radius 2 is 2.28 bits per heavy atom. The summed E-state index contributed by atoms with van der Waals surface area (Å²) in [6.45, 7) is 3.36. The molecular formula is C15H21N3. The van der Waals surface area contributed by atoms with Crippen molar-refractivity contribution in [1.82, 2.24) is 14.3 Å². The maximum Gasteiger partial charge on any atom is 0.139 e. The number of aryl methyl sites for hydroxylation is 1. The third-order valence-corrected chi connectivity index (χ3v) is 4.09. The van der Waals surface area contributed by atoms with Gasteiger partial charge < -0.3 is 9.30 Å². The summed E-state index contributed by atoms with van der Waals surface area (Å²) in [4.78, 5) is 7.26. The number of likely N-dealkylation sites (tertiary alicyclic amines) is 1. The number of pyridine rings is 1. The molecule has 0 N–H and O–H groups in total. The predicted molar refractivity (Wildman–Crippen MR) is 73.9 cm³/mol. The summed E-state index contributed by atoms with van der Waals surface area (Å²) in [5.74, 6) is 0. The van der Waals surface area contributed by atoms with Gasteiger partial charge >= 0.3 is 0 Å². The summed E-state index contributed by atoms with van der Waals surface area (Å²) < 4.78 is 2.15. The van der Waals surface area contributed by atoms with Gasteiger partial charge in [-0.3, -0.25) is 0 Å². The molecule has 0 spiro atoms. The second-order valence-corrected chi connectivity index (χ2v) is 5.49. The van der Waals surface area contributed by atoms with Gasteiger partial charge in [-0.15, -0.1) is 0 Å². The molecule has 1 unspecified atom stereocenters. The average molecular weight is 243 g/mol. The van der Waals surface area contributed by atoms with Crippen molar-refractivity contribution in [1.29, 1.82) is 0 Å². The standard InChI is InChI=1S/C15H21N3/c1-12-6-5-9-18-11-13(16-15(12)18)10-14-7-3-4-8-17(14)2/h5-6,9,11,14H,3-4,7-8,10H2,1-2H3. The molecule has 96 valence electrons. The first-order chi connectivity index (χ1) is 8.74. The van der Waals surface area contributed by atoms with E-state index in [-0.39, 0.29) is 0 Å². The number of imidazole rings is 1. The van der Waals surface area contributed by atoms with Crippen LogP contribution < -0.4 is 0 Å². The van der Waals surface area contributed by atoms with Crippen LogP contribution in [0.2, 0.25) is 0 Å². The number of rotatable bonds is 2. The Kier molecular flexibility index (Phi) is 3.08. The van der Waals surface area contributed by atoms with Crippen LogP contribution >= 0.6 is 0 Å². The van der Waals surface area contributed by atoms with Crippen molar-refractivity contribution in [3.05, 3.63) is 35.8 Å². The van der Waals surface area contributed by atoms with E-state index in [1.54, 1.807) is 0 Å². The molecule has 0 amide bonds. The Bertz CT molecular complexity index is 544. The van der Waals surface area contributed by atoms with E-state index in [1.165, 1.54) is 37.1 Å². The highest BCUT2D eigenvalue weighted by atomic mass is 15.1. The van der Waals surface area contributed by atoms with Gasteiger partial charge in [0.15, 0.2) is 0 Å². The SMILES string of the molecule is Cc1cccn2cc(CC3CCCCN3C)nc12. The first kappa shape index (κ1) is 11.7. The van der Waals surface area contributed by atoms with Crippen molar-refractivity contribution in [2.24, 2.45) is 0 Å². The Hall–Kier alpha value is -1.35. The Labute approximate surface area is 108 Å². The molecule has 1 fully saturated rings. The molecule has 0 bridgehead atoms. The summed E-state index contributed by atoms with van der Waals surface area (Å²) in [6.07, 6.45) is 9.37. The van der Waals surface area contributed by atoms with Crippen LogP contribution in [0.4, 0.5) is 0 Å². The molecule has 3 heteroatoms. The number of aromatic nitrogens is 2. The van der Waals surface area contributed by atoms with Crippen LogP contribution in [-0.4, -0.2) is 33.9 Å². The van der Waals surface area contributed by atoms with Crippen molar-refractivity contribution in [2.45, 2.75) is 38.6 Å². The van der Waals surface area contributed by atoms with Crippen LogP contribution in [0, 0.1) is 6.92 Å². The molecule has 3 heterocycles. The molecule has 1 aliphatic rings. The van der Waals surface area contributed by atoms with E-state index in [4.69, 9.17) is 4.98 Å². The number of nitrogens with zero attached hydrogens (tertiary/aromatic N) is 3. The van der Waals surface area contributed by atoms with Crippen LogP contribution in [0.1, 0.15) is 30.5 Å². The van der Waals surface area contributed by atoms with E-state index in [0.29, 0.717) is 6.04 Å². The molecule has 0 radical (unpaired) electrons. The first-order valence-electron chi connectivity index (χ1n) is 6.87. The molecule has 1 atom stereocenters. The number of fused-ring (bicyclic) bond motifs is 1. The van der Waals surface area contributed by atoms with E-state index in [9.17, 15) is 0 Å². The molecular weight excluding hydrogens is 222 g/mol. The predicted octanol–water partition coefficient (Wildman–Crippen LogP) is 2.67. The summed E-state index contributed by atoms with van der Waals surface area (Å²) in [5.41, 5.74) is 3.58. The molecule has 2 aromatic heterocycles. The van der Waals surface area contributed by atoms with Gasteiger partial charge in [-0.25, -0.2) is 4.98 Å². The second-order valence-electron chi connectivity index (χ2n) is 5.49. The summed E-state index contributed by atoms with van der Waals surface area (Å²) in [7, 11) is 2.24. The summed E-state index contributed by atoms with van der Waals surface area (Å²) in [6, 6.07) is 4.88. The molecule has 3 rings (SSSR count). The maximum absolute atomic E-state index is 4.78. The fourth-order valence-electron chi connectivity index (χ4n) is 2.95. The molecule has 0 aliphatic carbocycles. The van der Waals surface area contributed by atoms with Gasteiger partial charge in [0.2, 0.25) is 0 Å². The van der Waals surface area contributed by atoms with Gasteiger partial charge in [0.25, 0.3) is 0 Å². The fourth-order valence-corrected chi connectivity index (χ4v) is 2.95. The van der Waals surface area contributed by atoms with Crippen LogP contribution in [0.5, 0.6) is 0 Å². The van der Waals surface area contributed by atoms with Crippen molar-refractivity contribution >= 4 is 5.65 Å². The number of likely N-dealkylation sites (N-methyl/N-ethyl adjacent to an activating group) is 1. The van der Waals surface area contributed by atoms with Gasteiger partial charge in [-0.05, 0) is 45.0 Å². The smallest absolute Gasteiger partial charge is 0.139 e. The van der Waals surface area contributed by atoms with Gasteiger partial charge in [-0.2, -0.15) is 0 Å². The van der Waals surface area contributed by atoms with E-state index >= 15 is 0 Å². The van der Waals surface area contributed by atoms with Crippen LogP contribution in [0.25, 0.3) is 5.65 Å². The third-order valence-electron chi connectivity index (χ3n) is 4.09. The number of hydrogen-bond donors (Lipinski definition) is 0. The van der Waals surface area contributed by atoms with Crippen molar-refractivity contribution < 1.29 is 0 Å². The topological polar surface area (TPSA) is 20.5 Å². The molecule has 0 saturated carbocycles. The largest absolute Gasteiger partial charge is 0.307 e. The van der Waals surface area contributed by atoms with E-state index < -0.39 is 0 Å². The lowest BCUT2D eigenvalue weighted by Crippen LogP contribution is -2.37. The molecule has 0 aromatic carbocycles. The average Bonchev–Trinajstić information content (AvgIpc) is 2.76. The summed E-state index contributed by atoms with van der Waals surface area (Å²) >= 11 is 0. The van der Waals surface area contributed by atoms with Crippen LogP contribution in [0.15, 0.2) is 24.5 Å². The Morgan fingerprint density at radius 1 is 1.39 bits per heavy atom. The zero-order valence-electron chi connectivity index (χ0n) is 11.3. The van der Waals surface area contributed by atoms with Gasteiger partial charge in [-0.1, -0.05) is 12.5 Å². The summed E-state index contributed by atoms with van der Waals surface area (Å²) in [5, 5.41) is 0. The second kappa shape index (κ2) is 4.73. The first-order valence-corrected chi connectivity index (χ1v) is 6.87. The number of hydrogen-bond acceptors (Lipinski definition) is 2. The van der Waals surface area contributed by atoms with Crippen molar-refractivity contribution in [2.75, 3.05) is 13.6 Å². The minimum atomic E-state index is 0.670. The quantitative estimate of drug-likeness (QED) is 0.808. The molecule has 1 saturated heterocycles. The van der Waals surface area contributed by atoms with E-state index in [0.717, 1.165) is 12.1 Å². The highest BCUT2D eigenvalue weighted by Gasteiger charge is 2.20. The Balaban J connectivity index is 1.84. The van der Waals surface area contributed by atoms with Gasteiger partial charge in [0.1, 0.15) is 5.65 Å². The lowest BCUT2D eigenvalue weighted by Gasteiger charge is -2.31. The number of piperidine rings is 1.